The predicted octanol–water partition coefficient (Wildman–Crippen LogP) is 5.79. The van der Waals surface area contributed by atoms with Crippen molar-refractivity contribution in [3.63, 3.8) is 0 Å². The summed E-state index contributed by atoms with van der Waals surface area (Å²) in [6, 6.07) is 14.6. The molecule has 5 aromatic rings. The van der Waals surface area contributed by atoms with Gasteiger partial charge < -0.3 is 29.9 Å². The van der Waals surface area contributed by atoms with Crippen LogP contribution in [0.15, 0.2) is 60.9 Å². The number of nitrogens with one attached hydrogen (secondary N) is 3. The number of hydrogen-bond acceptors (Lipinski definition) is 10. The van der Waals surface area contributed by atoms with E-state index in [1.54, 1.807) is 13.2 Å². The van der Waals surface area contributed by atoms with Crippen LogP contribution in [0.25, 0.3) is 21.1 Å². The second kappa shape index (κ2) is 13.4. The van der Waals surface area contributed by atoms with Crippen molar-refractivity contribution < 1.29 is 18.7 Å². The van der Waals surface area contributed by atoms with Gasteiger partial charge in [-0.05, 0) is 55.9 Å². The Morgan fingerprint density at radius 3 is 2.66 bits per heavy atom. The molecule has 228 valence electrons. The summed E-state index contributed by atoms with van der Waals surface area (Å²) in [5.41, 5.74) is 2.60. The molecule has 11 nitrogen and oxygen atoms in total. The molecule has 2 aromatic heterocycles. The second-order valence-electron chi connectivity index (χ2n) is 10.5. The molecule has 1 fully saturated rings. The molecule has 3 heterocycles. The zero-order valence-electron chi connectivity index (χ0n) is 24.5. The van der Waals surface area contributed by atoms with Crippen molar-refractivity contribution in [1.29, 1.82) is 0 Å². The smallest absolute Gasteiger partial charge is 0.325 e. The largest absolute Gasteiger partial charge is 0.493 e. The number of carbonyl (C=O) groups excluding carboxylic acids is 1. The molecule has 0 aliphatic carbocycles. The fourth-order valence-electron chi connectivity index (χ4n) is 5.00. The van der Waals surface area contributed by atoms with Gasteiger partial charge in [-0.1, -0.05) is 17.4 Å². The van der Waals surface area contributed by atoms with E-state index in [1.807, 2.05) is 30.3 Å². The molecular weight excluding hydrogens is 583 g/mol. The maximum Gasteiger partial charge on any atom is 0.325 e. The molecule has 6 rings (SSSR count). The second-order valence-corrected chi connectivity index (χ2v) is 11.5. The summed E-state index contributed by atoms with van der Waals surface area (Å²) in [7, 11) is 3.78. The van der Waals surface area contributed by atoms with Crippen LogP contribution < -0.4 is 25.4 Å². The van der Waals surface area contributed by atoms with Crippen molar-refractivity contribution in [2.75, 3.05) is 69.4 Å². The van der Waals surface area contributed by atoms with E-state index in [9.17, 15) is 9.18 Å². The Balaban J connectivity index is 1.12. The van der Waals surface area contributed by atoms with E-state index in [1.165, 1.54) is 35.9 Å². The third-order valence-corrected chi connectivity index (χ3v) is 8.28. The zero-order chi connectivity index (χ0) is 30.5. The van der Waals surface area contributed by atoms with Crippen molar-refractivity contribution in [3.05, 3.63) is 66.7 Å². The first-order chi connectivity index (χ1) is 21.4. The van der Waals surface area contributed by atoms with Crippen LogP contribution in [0.1, 0.15) is 6.42 Å². The van der Waals surface area contributed by atoms with Crippen LogP contribution in [0.3, 0.4) is 0 Å². The quantitative estimate of drug-likeness (QED) is 0.168. The Morgan fingerprint density at radius 1 is 0.977 bits per heavy atom. The lowest BCUT2D eigenvalue weighted by molar-refractivity contribution is 0.145. The Kier molecular flexibility index (Phi) is 8.96. The molecule has 3 aromatic carbocycles. The molecule has 0 bridgehead atoms. The minimum atomic E-state index is -0.507. The van der Waals surface area contributed by atoms with E-state index in [-0.39, 0.29) is 0 Å². The standard InChI is InChI=1S/C31H33FN8O3S/c1-39-10-12-40(13-11-39)9-4-14-43-27-18-25-23(17-26(27)42-2)29(34-19-33-25)35-22-7-8-24-28(16-22)44-31(37-24)38-30(41)36-21-6-3-5-20(32)15-21/h3,5-8,15-19H,4,9-14H2,1-2H3,(H,33,34,35)(H2,36,37,38,41). The van der Waals surface area contributed by atoms with E-state index in [0.717, 1.165) is 66.0 Å². The van der Waals surface area contributed by atoms with Crippen molar-refractivity contribution in [2.45, 2.75) is 6.42 Å². The van der Waals surface area contributed by atoms with E-state index in [0.29, 0.717) is 34.7 Å². The number of rotatable bonds is 10. The molecule has 0 radical (unpaired) electrons. The lowest BCUT2D eigenvalue weighted by Crippen LogP contribution is -2.44. The lowest BCUT2D eigenvalue weighted by Gasteiger charge is -2.32. The lowest BCUT2D eigenvalue weighted by atomic mass is 10.2. The number of benzene rings is 3. The molecule has 0 atom stereocenters. The zero-order valence-corrected chi connectivity index (χ0v) is 25.3. The normalized spacial score (nSPS) is 14.1. The number of nitrogens with zero attached hydrogens (tertiary/aromatic N) is 5. The summed E-state index contributed by atoms with van der Waals surface area (Å²) in [6.07, 6.45) is 2.44. The molecular formula is C31H33FN8O3S. The van der Waals surface area contributed by atoms with Gasteiger partial charge in [0.15, 0.2) is 16.6 Å². The van der Waals surface area contributed by atoms with Crippen molar-refractivity contribution >= 4 is 60.8 Å². The first-order valence-corrected chi connectivity index (χ1v) is 15.1. The highest BCUT2D eigenvalue weighted by molar-refractivity contribution is 7.22. The summed E-state index contributed by atoms with van der Waals surface area (Å²) in [6.45, 7) is 5.97. The fraction of sp³-hybridized carbons (Fsp3) is 0.290. The number of methoxy groups -OCH3 is 1. The number of thiazole rings is 1. The summed E-state index contributed by atoms with van der Waals surface area (Å²) < 4.78 is 26.1. The molecule has 3 N–H and O–H groups in total. The number of piperazine rings is 1. The van der Waals surface area contributed by atoms with Gasteiger partial charge in [-0.15, -0.1) is 0 Å². The van der Waals surface area contributed by atoms with E-state index >= 15 is 0 Å². The molecule has 1 saturated heterocycles. The number of likely N-dealkylation sites (N-methyl/N-ethyl adjacent to an activating group) is 1. The van der Waals surface area contributed by atoms with Crippen molar-refractivity contribution in [3.8, 4) is 11.5 Å². The molecule has 0 spiro atoms. The van der Waals surface area contributed by atoms with Gasteiger partial charge in [-0.25, -0.2) is 24.1 Å². The van der Waals surface area contributed by atoms with Crippen molar-refractivity contribution in [2.24, 2.45) is 0 Å². The highest BCUT2D eigenvalue weighted by Gasteiger charge is 2.15. The SMILES string of the molecule is COc1cc2c(Nc3ccc4nc(NC(=O)Nc5cccc(F)c5)sc4c3)ncnc2cc1OCCCN1CCN(C)CC1. The Labute approximate surface area is 258 Å². The third-order valence-electron chi connectivity index (χ3n) is 7.35. The minimum absolute atomic E-state index is 0.351. The first kappa shape index (κ1) is 29.5. The average molecular weight is 617 g/mol. The average Bonchev–Trinajstić information content (AvgIpc) is 3.41. The predicted molar refractivity (Wildman–Crippen MR) is 172 cm³/mol. The van der Waals surface area contributed by atoms with Crippen LogP contribution in [0.5, 0.6) is 11.5 Å². The van der Waals surface area contributed by atoms with Gasteiger partial charge in [0, 0.05) is 55.6 Å². The number of amides is 2. The van der Waals surface area contributed by atoms with Gasteiger partial charge in [-0.2, -0.15) is 0 Å². The van der Waals surface area contributed by atoms with Gasteiger partial charge >= 0.3 is 6.03 Å². The Bertz CT molecular complexity index is 1780. The number of ether oxygens (including phenoxy) is 2. The highest BCUT2D eigenvalue weighted by Crippen LogP contribution is 2.36. The minimum Gasteiger partial charge on any atom is -0.493 e. The number of hydrogen-bond donors (Lipinski definition) is 3. The number of carbonyl (C=O) groups is 1. The molecule has 44 heavy (non-hydrogen) atoms. The van der Waals surface area contributed by atoms with Gasteiger partial charge in [0.25, 0.3) is 0 Å². The van der Waals surface area contributed by atoms with Gasteiger partial charge in [0.2, 0.25) is 0 Å². The highest BCUT2D eigenvalue weighted by atomic mass is 32.1. The molecule has 0 unspecified atom stereocenters. The van der Waals surface area contributed by atoms with Crippen LogP contribution in [-0.4, -0.2) is 84.3 Å². The van der Waals surface area contributed by atoms with Gasteiger partial charge in [0.05, 0.1) is 29.5 Å². The summed E-state index contributed by atoms with van der Waals surface area (Å²) in [5, 5.41) is 9.90. The van der Waals surface area contributed by atoms with Crippen LogP contribution in [-0.2, 0) is 0 Å². The Hall–Kier alpha value is -4.59. The maximum atomic E-state index is 13.4. The molecule has 13 heteroatoms. The number of halogens is 1. The van der Waals surface area contributed by atoms with Crippen molar-refractivity contribution in [1.82, 2.24) is 24.8 Å². The summed E-state index contributed by atoms with van der Waals surface area (Å²) in [4.78, 5) is 30.7. The van der Waals surface area contributed by atoms with Gasteiger partial charge in [-0.3, -0.25) is 5.32 Å². The molecule has 2 amide bonds. The van der Waals surface area contributed by atoms with Crippen LogP contribution in [0.4, 0.5) is 31.5 Å². The van der Waals surface area contributed by atoms with Crippen LogP contribution in [0, 0.1) is 5.82 Å². The number of fused-ring (bicyclic) bond motifs is 2. The third kappa shape index (κ3) is 7.13. The van der Waals surface area contributed by atoms with Crippen LogP contribution in [0.2, 0.25) is 0 Å². The molecule has 1 aliphatic rings. The summed E-state index contributed by atoms with van der Waals surface area (Å²) in [5.74, 6) is 1.45. The monoisotopic (exact) mass is 616 g/mol. The Morgan fingerprint density at radius 2 is 1.84 bits per heavy atom. The molecule has 0 saturated carbocycles. The fourth-order valence-corrected chi connectivity index (χ4v) is 5.90. The number of anilines is 4. The summed E-state index contributed by atoms with van der Waals surface area (Å²) >= 11 is 1.32. The maximum absolute atomic E-state index is 13.4. The number of aromatic nitrogens is 3. The molecule has 1 aliphatic heterocycles. The first-order valence-electron chi connectivity index (χ1n) is 14.3. The van der Waals surface area contributed by atoms with Crippen LogP contribution >= 0.6 is 11.3 Å². The number of urea groups is 1. The topological polar surface area (TPSA) is 117 Å². The van der Waals surface area contributed by atoms with Gasteiger partial charge in [0.1, 0.15) is 18.0 Å². The van der Waals surface area contributed by atoms with E-state index < -0.39 is 11.8 Å². The van der Waals surface area contributed by atoms with E-state index in [4.69, 9.17) is 9.47 Å². The van der Waals surface area contributed by atoms with E-state index in [2.05, 4.69) is 47.7 Å².